The molecule has 0 saturated carbocycles. The van der Waals surface area contributed by atoms with Gasteiger partial charge in [0.2, 0.25) is 0 Å². The van der Waals surface area contributed by atoms with E-state index in [1.54, 1.807) is 0 Å². The van der Waals surface area contributed by atoms with Gasteiger partial charge >= 0.3 is 0 Å². The van der Waals surface area contributed by atoms with Gasteiger partial charge in [-0.2, -0.15) is 0 Å². The summed E-state index contributed by atoms with van der Waals surface area (Å²) in [6.07, 6.45) is 0. The normalized spacial score (nSPS) is 11.8. The van der Waals surface area contributed by atoms with Gasteiger partial charge in [-0.3, -0.25) is 0 Å². The summed E-state index contributed by atoms with van der Waals surface area (Å²) in [4.78, 5) is 0. The smallest absolute Gasteiger partial charge is 0.171 e. The molecular weight excluding hydrogens is 599 g/mol. The topological polar surface area (TPSA) is 17.1 Å². The van der Waals surface area contributed by atoms with Gasteiger partial charge in [0.15, 0.2) is 7.14 Å². The highest BCUT2D eigenvalue weighted by molar-refractivity contribution is 7.85. The zero-order valence-electron chi connectivity index (χ0n) is 26.3. The summed E-state index contributed by atoms with van der Waals surface area (Å²) in [5, 5.41) is 10.3. The van der Waals surface area contributed by atoms with Crippen molar-refractivity contribution in [3.63, 3.8) is 0 Å². The average Bonchev–Trinajstić information content (AvgIpc) is 3.17. The van der Waals surface area contributed by atoms with Crippen molar-refractivity contribution in [2.24, 2.45) is 0 Å². The van der Waals surface area contributed by atoms with E-state index in [1.165, 1.54) is 54.6 Å². The molecule has 0 atom stereocenters. The lowest BCUT2D eigenvalue weighted by Crippen LogP contribution is -2.24. The highest BCUT2D eigenvalue weighted by Crippen LogP contribution is 2.43. The van der Waals surface area contributed by atoms with Crippen molar-refractivity contribution < 1.29 is 4.57 Å². The summed E-state index contributed by atoms with van der Waals surface area (Å²) in [7, 11) is -3.00. The van der Waals surface area contributed by atoms with E-state index in [9.17, 15) is 4.57 Å². The van der Waals surface area contributed by atoms with Crippen LogP contribution < -0.4 is 15.9 Å². The molecule has 0 spiro atoms. The van der Waals surface area contributed by atoms with Crippen LogP contribution in [0.1, 0.15) is 0 Å². The maximum Gasteiger partial charge on any atom is 0.171 e. The summed E-state index contributed by atoms with van der Waals surface area (Å²) < 4.78 is 14.8. The Morgan fingerprint density at radius 2 is 0.771 bits per heavy atom. The Kier molecular flexibility index (Phi) is 6.82. The van der Waals surface area contributed by atoms with E-state index in [1.807, 2.05) is 72.8 Å². The quantitative estimate of drug-likeness (QED) is 0.132. The summed E-state index contributed by atoms with van der Waals surface area (Å²) in [5.74, 6) is 0. The molecule has 0 amide bonds. The summed E-state index contributed by atoms with van der Waals surface area (Å²) in [5.41, 5.74) is 7.05. The first kappa shape index (κ1) is 28.5. The number of benzene rings is 9. The fourth-order valence-corrected chi connectivity index (χ4v) is 9.94. The first-order valence-corrected chi connectivity index (χ1v) is 18.1. The number of rotatable bonds is 6. The molecule has 0 aliphatic carbocycles. The fourth-order valence-electron chi connectivity index (χ4n) is 7.30. The van der Waals surface area contributed by atoms with E-state index >= 15 is 0 Å². The van der Waals surface area contributed by atoms with Crippen molar-refractivity contribution in [1.29, 1.82) is 0 Å². The van der Waals surface area contributed by atoms with Crippen molar-refractivity contribution in [1.82, 2.24) is 0 Å². The van der Waals surface area contributed by atoms with E-state index in [0.29, 0.717) is 0 Å². The highest BCUT2D eigenvalue weighted by Gasteiger charge is 2.29. The Labute approximate surface area is 280 Å². The van der Waals surface area contributed by atoms with Gasteiger partial charge in [-0.25, -0.2) is 0 Å². The molecule has 0 aliphatic heterocycles. The summed E-state index contributed by atoms with van der Waals surface area (Å²) >= 11 is 0. The molecule has 9 aromatic carbocycles. The van der Waals surface area contributed by atoms with Gasteiger partial charge in [0, 0.05) is 15.9 Å². The summed E-state index contributed by atoms with van der Waals surface area (Å²) in [6.45, 7) is 0. The van der Waals surface area contributed by atoms with Gasteiger partial charge in [-0.05, 0) is 71.8 Å². The Balaban J connectivity index is 1.04. The average molecular weight is 631 g/mol. The molecule has 2 heteroatoms. The van der Waals surface area contributed by atoms with E-state index in [0.717, 1.165) is 27.0 Å². The van der Waals surface area contributed by atoms with Crippen LogP contribution in [0.4, 0.5) is 0 Å². The van der Waals surface area contributed by atoms with Gasteiger partial charge < -0.3 is 4.57 Å². The lowest BCUT2D eigenvalue weighted by atomic mass is 9.89. The van der Waals surface area contributed by atoms with Crippen LogP contribution >= 0.6 is 7.14 Å². The van der Waals surface area contributed by atoms with Gasteiger partial charge in [0.25, 0.3) is 0 Å². The van der Waals surface area contributed by atoms with Gasteiger partial charge in [0.1, 0.15) is 0 Å². The zero-order valence-corrected chi connectivity index (χ0v) is 27.1. The molecule has 0 aromatic heterocycles. The Morgan fingerprint density at radius 3 is 1.40 bits per heavy atom. The minimum absolute atomic E-state index is 0.837. The van der Waals surface area contributed by atoms with E-state index in [-0.39, 0.29) is 0 Å². The monoisotopic (exact) mass is 630 g/mol. The zero-order chi connectivity index (χ0) is 32.1. The molecule has 0 fully saturated rings. The van der Waals surface area contributed by atoms with Crippen LogP contribution in [-0.4, -0.2) is 0 Å². The van der Waals surface area contributed by atoms with Crippen LogP contribution in [0.15, 0.2) is 188 Å². The minimum atomic E-state index is -3.00. The van der Waals surface area contributed by atoms with E-state index in [2.05, 4.69) is 115 Å². The molecule has 9 aromatic rings. The molecule has 0 radical (unpaired) electrons. The van der Waals surface area contributed by atoms with Crippen LogP contribution in [0.25, 0.3) is 65.7 Å². The van der Waals surface area contributed by atoms with Crippen molar-refractivity contribution in [3.8, 4) is 33.4 Å². The first-order valence-electron chi connectivity index (χ1n) is 16.4. The molecular formula is C46H31OP. The SMILES string of the molecule is O=P(c1ccccc1)(c1ccccc1)c1ccc(-c2ccc(-c3cccc(-c4ccc5ccc6cccc7ccc4c5c67)c3)cc2)cc1. The summed E-state index contributed by atoms with van der Waals surface area (Å²) in [6, 6.07) is 65.6. The van der Waals surface area contributed by atoms with E-state index in [4.69, 9.17) is 0 Å². The van der Waals surface area contributed by atoms with Crippen LogP contribution in [-0.2, 0) is 4.57 Å². The molecule has 0 saturated heterocycles. The van der Waals surface area contributed by atoms with Crippen LogP contribution in [0.2, 0.25) is 0 Å². The molecule has 0 heterocycles. The molecule has 1 nitrogen and oxygen atoms in total. The Bertz CT molecular complexity index is 2550. The molecule has 0 bridgehead atoms. The predicted molar refractivity (Wildman–Crippen MR) is 206 cm³/mol. The van der Waals surface area contributed by atoms with E-state index < -0.39 is 7.14 Å². The van der Waals surface area contributed by atoms with Crippen molar-refractivity contribution in [2.45, 2.75) is 0 Å². The van der Waals surface area contributed by atoms with Crippen LogP contribution in [0.5, 0.6) is 0 Å². The Morgan fingerprint density at radius 1 is 0.312 bits per heavy atom. The second kappa shape index (κ2) is 11.5. The third kappa shape index (κ3) is 4.67. The third-order valence-electron chi connectivity index (χ3n) is 9.72. The van der Waals surface area contributed by atoms with Crippen LogP contribution in [0.3, 0.4) is 0 Å². The second-order valence-electron chi connectivity index (χ2n) is 12.5. The number of hydrogen-bond donors (Lipinski definition) is 0. The molecule has 48 heavy (non-hydrogen) atoms. The van der Waals surface area contributed by atoms with Crippen LogP contribution in [0, 0.1) is 0 Å². The van der Waals surface area contributed by atoms with Crippen molar-refractivity contribution in [2.75, 3.05) is 0 Å². The lowest BCUT2D eigenvalue weighted by Gasteiger charge is -2.20. The Hall–Kier alpha value is -5.75. The molecule has 226 valence electrons. The van der Waals surface area contributed by atoms with Gasteiger partial charge in [-0.1, -0.05) is 182 Å². The molecule has 0 N–H and O–H groups in total. The maximum absolute atomic E-state index is 14.8. The molecule has 0 unspecified atom stereocenters. The lowest BCUT2D eigenvalue weighted by molar-refractivity contribution is 0.592. The highest BCUT2D eigenvalue weighted by atomic mass is 31.2. The predicted octanol–water partition coefficient (Wildman–Crippen LogP) is 11.2. The fraction of sp³-hybridized carbons (Fsp3) is 0. The maximum atomic E-state index is 14.8. The molecule has 0 aliphatic rings. The third-order valence-corrected chi connectivity index (χ3v) is 12.8. The van der Waals surface area contributed by atoms with Gasteiger partial charge in [0.05, 0.1) is 0 Å². The molecule has 9 rings (SSSR count). The minimum Gasteiger partial charge on any atom is -0.309 e. The first-order chi connectivity index (χ1) is 23.7. The van der Waals surface area contributed by atoms with Crippen molar-refractivity contribution in [3.05, 3.63) is 188 Å². The number of hydrogen-bond acceptors (Lipinski definition) is 1. The standard InChI is InChI=1S/C46H31OP/c47-48(40-13-3-1-4-14-40,41-15-5-2-6-16-41)42-27-23-33(24-28-42)32-17-19-34(20-18-32)38-11-8-12-39(31-38)43-29-25-37-22-21-35-9-7-10-36-26-30-44(43)46(37)45(35)36/h1-31H. The van der Waals surface area contributed by atoms with Crippen molar-refractivity contribution >= 4 is 55.4 Å². The largest absolute Gasteiger partial charge is 0.309 e. The second-order valence-corrected chi connectivity index (χ2v) is 15.2. The van der Waals surface area contributed by atoms with Gasteiger partial charge in [-0.15, -0.1) is 0 Å².